The minimum absolute atomic E-state index is 0.0637. The van der Waals surface area contributed by atoms with Crippen LogP contribution < -0.4 is 0 Å². The van der Waals surface area contributed by atoms with Gasteiger partial charge in [0.1, 0.15) is 0 Å². The van der Waals surface area contributed by atoms with Gasteiger partial charge in [-0.15, -0.1) is 0 Å². The molecule has 0 spiro atoms. The number of carbonyl (C=O) groups is 4. The molecule has 228 valence electrons. The van der Waals surface area contributed by atoms with E-state index in [-0.39, 0.29) is 6.54 Å². The maximum Gasteiger partial charge on any atom is 0.336 e. The molecule has 11 heteroatoms. The van der Waals surface area contributed by atoms with Crippen molar-refractivity contribution in [3.8, 4) is 0 Å². The third kappa shape index (κ3) is 6.78. The number of fused-ring (bicyclic) bond motifs is 1. The van der Waals surface area contributed by atoms with Gasteiger partial charge in [-0.1, -0.05) is 47.6 Å². The van der Waals surface area contributed by atoms with E-state index in [4.69, 9.17) is 9.57 Å². The first-order valence-electron chi connectivity index (χ1n) is 14.4. The molecule has 11 nitrogen and oxygen atoms in total. The molecule has 1 amide bonds. The summed E-state index contributed by atoms with van der Waals surface area (Å²) in [5.74, 6) is -5.47. The lowest BCUT2D eigenvalue weighted by atomic mass is 9.86. The maximum atomic E-state index is 14.3. The zero-order valence-electron chi connectivity index (χ0n) is 23.8. The second kappa shape index (κ2) is 13.5. The maximum absolute atomic E-state index is 14.3. The molecule has 1 fully saturated rings. The predicted octanol–water partition coefficient (Wildman–Crippen LogP) is 5.38. The number of aryl methyl sites for hydroxylation is 1. The van der Waals surface area contributed by atoms with Gasteiger partial charge >= 0.3 is 17.9 Å². The van der Waals surface area contributed by atoms with Crippen LogP contribution in [0.3, 0.4) is 0 Å². The van der Waals surface area contributed by atoms with E-state index in [1.54, 1.807) is 12.3 Å². The molecule has 2 aliphatic rings. The standard InChI is InChI=1S/C33H32N2O9/c36-30(24-16-26(32(39)40)27(33(41)42)17-25(24)31(37)38)35(28-12-6-10-22-9-1-2-11-23(22)28)19-21-8-5-7-20(15-21)18-34-44-29-13-3-4-14-43-29/h1-2,5,7-9,11,15-18,28-29H,3-4,6,10,12-14,19H2,(H,37,38)(H,39,40)(H,41,42). The Bertz CT molecular complexity index is 1610. The van der Waals surface area contributed by atoms with Crippen LogP contribution in [-0.4, -0.2) is 63.1 Å². The first-order chi connectivity index (χ1) is 21.2. The molecule has 2 unspecified atom stereocenters. The van der Waals surface area contributed by atoms with Crippen molar-refractivity contribution >= 4 is 30.0 Å². The van der Waals surface area contributed by atoms with Crippen molar-refractivity contribution in [3.63, 3.8) is 0 Å². The second-order valence-corrected chi connectivity index (χ2v) is 10.8. The van der Waals surface area contributed by atoms with Crippen LogP contribution in [0.5, 0.6) is 0 Å². The van der Waals surface area contributed by atoms with Crippen LogP contribution >= 0.6 is 0 Å². The van der Waals surface area contributed by atoms with Gasteiger partial charge in [0.25, 0.3) is 5.91 Å². The Balaban J connectivity index is 1.53. The molecule has 1 saturated heterocycles. The first kappa shape index (κ1) is 30.4. The molecule has 1 aliphatic heterocycles. The van der Waals surface area contributed by atoms with E-state index < -0.39 is 58.4 Å². The van der Waals surface area contributed by atoms with Crippen molar-refractivity contribution in [2.75, 3.05) is 6.61 Å². The van der Waals surface area contributed by atoms with Gasteiger partial charge in [-0.2, -0.15) is 0 Å². The third-order valence-corrected chi connectivity index (χ3v) is 7.88. The number of aromatic carboxylic acids is 3. The molecule has 0 bridgehead atoms. The van der Waals surface area contributed by atoms with E-state index in [1.807, 2.05) is 42.5 Å². The summed E-state index contributed by atoms with van der Waals surface area (Å²) >= 11 is 0. The molecule has 0 aromatic heterocycles. The molecule has 0 radical (unpaired) electrons. The van der Waals surface area contributed by atoms with Crippen molar-refractivity contribution in [2.24, 2.45) is 5.16 Å². The molecule has 3 N–H and O–H groups in total. The normalized spacial score (nSPS) is 17.9. The largest absolute Gasteiger partial charge is 0.478 e. The van der Waals surface area contributed by atoms with Crippen LogP contribution in [0.25, 0.3) is 0 Å². The molecule has 0 saturated carbocycles. The van der Waals surface area contributed by atoms with Crippen molar-refractivity contribution < 1.29 is 44.1 Å². The Kier molecular flexibility index (Phi) is 9.35. The summed E-state index contributed by atoms with van der Waals surface area (Å²) in [6, 6.07) is 16.2. The van der Waals surface area contributed by atoms with E-state index in [0.717, 1.165) is 60.9 Å². The van der Waals surface area contributed by atoms with Gasteiger partial charge < -0.3 is 29.8 Å². The highest BCUT2D eigenvalue weighted by Crippen LogP contribution is 2.37. The summed E-state index contributed by atoms with van der Waals surface area (Å²) in [4.78, 5) is 57.3. The number of hydrogen-bond acceptors (Lipinski definition) is 7. The zero-order valence-corrected chi connectivity index (χ0v) is 23.8. The van der Waals surface area contributed by atoms with Gasteiger partial charge in [-0.3, -0.25) is 4.79 Å². The smallest absolute Gasteiger partial charge is 0.336 e. The number of carboxylic acid groups (broad SMARTS) is 3. The van der Waals surface area contributed by atoms with Crippen molar-refractivity contribution in [1.29, 1.82) is 0 Å². The average Bonchev–Trinajstić information content (AvgIpc) is 3.03. The first-order valence-corrected chi connectivity index (χ1v) is 14.4. The number of ether oxygens (including phenoxy) is 1. The number of oxime groups is 1. The molecule has 3 aromatic carbocycles. The molecule has 2 atom stereocenters. The van der Waals surface area contributed by atoms with E-state index in [9.17, 15) is 34.5 Å². The SMILES string of the molecule is O=C(O)c1cc(C(=O)O)c(C(=O)N(Cc2cccc(C=NOC3CCCCO3)c2)C2CCCc3ccccc32)cc1C(=O)O. The number of carboxylic acids is 3. The Morgan fingerprint density at radius 1 is 0.841 bits per heavy atom. The third-order valence-electron chi connectivity index (χ3n) is 7.88. The Morgan fingerprint density at radius 3 is 2.25 bits per heavy atom. The average molecular weight is 601 g/mol. The number of carbonyl (C=O) groups excluding carboxylic acids is 1. The van der Waals surface area contributed by atoms with Crippen molar-refractivity contribution in [3.05, 3.63) is 105 Å². The summed E-state index contributed by atoms with van der Waals surface area (Å²) in [7, 11) is 0. The minimum atomic E-state index is -1.61. The van der Waals surface area contributed by atoms with E-state index in [2.05, 4.69) is 5.16 Å². The molecular weight excluding hydrogens is 568 g/mol. The molecule has 5 rings (SSSR count). The lowest BCUT2D eigenvalue weighted by Gasteiger charge is -2.36. The van der Waals surface area contributed by atoms with Gasteiger partial charge in [-0.05, 0) is 72.6 Å². The second-order valence-electron chi connectivity index (χ2n) is 10.8. The molecule has 44 heavy (non-hydrogen) atoms. The van der Waals surface area contributed by atoms with Crippen LogP contribution in [-0.2, 0) is 22.5 Å². The summed E-state index contributed by atoms with van der Waals surface area (Å²) in [6.07, 6.45) is 6.10. The van der Waals surface area contributed by atoms with E-state index in [1.165, 1.54) is 4.90 Å². The van der Waals surface area contributed by atoms with Crippen LogP contribution in [0.15, 0.2) is 65.8 Å². The fourth-order valence-corrected chi connectivity index (χ4v) is 5.76. The number of hydrogen-bond donors (Lipinski definition) is 3. The summed E-state index contributed by atoms with van der Waals surface area (Å²) in [6.45, 7) is 0.689. The van der Waals surface area contributed by atoms with E-state index >= 15 is 0 Å². The monoisotopic (exact) mass is 600 g/mol. The number of rotatable bonds is 10. The zero-order chi connectivity index (χ0) is 31.2. The highest BCUT2D eigenvalue weighted by Gasteiger charge is 2.33. The Morgan fingerprint density at radius 2 is 1.55 bits per heavy atom. The molecule has 1 heterocycles. The Hall–Kier alpha value is -5.03. The van der Waals surface area contributed by atoms with Crippen molar-refractivity contribution in [1.82, 2.24) is 4.90 Å². The molecule has 1 aliphatic carbocycles. The highest BCUT2D eigenvalue weighted by atomic mass is 16.8. The van der Waals surface area contributed by atoms with Gasteiger partial charge in [0.05, 0.1) is 41.1 Å². The number of nitrogens with zero attached hydrogens (tertiary/aromatic N) is 2. The molecular formula is C33H32N2O9. The van der Waals surface area contributed by atoms with Gasteiger partial charge in [0.15, 0.2) is 0 Å². The quantitative estimate of drug-likeness (QED) is 0.205. The van der Waals surface area contributed by atoms with Crippen LogP contribution in [0, 0.1) is 0 Å². The van der Waals surface area contributed by atoms with E-state index in [0.29, 0.717) is 18.6 Å². The van der Waals surface area contributed by atoms with Gasteiger partial charge in [0, 0.05) is 13.0 Å². The van der Waals surface area contributed by atoms with Gasteiger partial charge in [-0.25, -0.2) is 14.4 Å². The number of benzene rings is 3. The molecule has 3 aromatic rings. The van der Waals surface area contributed by atoms with Crippen LogP contribution in [0.2, 0.25) is 0 Å². The summed E-state index contributed by atoms with van der Waals surface area (Å²) in [5, 5.41) is 33.3. The summed E-state index contributed by atoms with van der Waals surface area (Å²) < 4.78 is 5.54. The van der Waals surface area contributed by atoms with Crippen molar-refractivity contribution in [2.45, 2.75) is 57.4 Å². The Labute approximate surface area is 253 Å². The lowest BCUT2D eigenvalue weighted by Crippen LogP contribution is -2.37. The topological polar surface area (TPSA) is 163 Å². The minimum Gasteiger partial charge on any atom is -0.478 e. The number of amides is 1. The van der Waals surface area contributed by atoms with Gasteiger partial charge in [0.2, 0.25) is 6.29 Å². The predicted molar refractivity (Wildman–Crippen MR) is 158 cm³/mol. The highest BCUT2D eigenvalue weighted by molar-refractivity contribution is 6.10. The van der Waals surface area contributed by atoms with Crippen LogP contribution in [0.1, 0.15) is 102 Å². The fourth-order valence-electron chi connectivity index (χ4n) is 5.76. The lowest BCUT2D eigenvalue weighted by molar-refractivity contribution is -0.161. The fraction of sp³-hybridized carbons (Fsp3) is 0.303. The summed E-state index contributed by atoms with van der Waals surface area (Å²) in [5.41, 5.74) is 1.04. The van der Waals surface area contributed by atoms with Crippen LogP contribution in [0.4, 0.5) is 0 Å².